The Labute approximate surface area is 181 Å². The second kappa shape index (κ2) is 8.30. The van der Waals surface area contributed by atoms with Crippen molar-refractivity contribution >= 4 is 11.8 Å². The van der Waals surface area contributed by atoms with Crippen LogP contribution in [-0.4, -0.2) is 31.1 Å². The maximum absolute atomic E-state index is 13.5. The van der Waals surface area contributed by atoms with Gasteiger partial charge in [0.1, 0.15) is 11.5 Å². The first-order valence-electron chi connectivity index (χ1n) is 10.2. The molecule has 6 nitrogen and oxygen atoms in total. The zero-order valence-corrected chi connectivity index (χ0v) is 17.8. The number of esters is 1. The molecule has 0 bridgehead atoms. The molecule has 2 atom stereocenters. The normalized spacial score (nSPS) is 20.8. The smallest absolute Gasteiger partial charge is 0.336 e. The Morgan fingerprint density at radius 1 is 1.03 bits per heavy atom. The molecule has 1 aliphatic carbocycles. The molecule has 0 amide bonds. The summed E-state index contributed by atoms with van der Waals surface area (Å²) in [6, 6.07) is 14.5. The zero-order chi connectivity index (χ0) is 22.1. The number of rotatable bonds is 4. The molecule has 2 N–H and O–H groups in total. The van der Waals surface area contributed by atoms with Crippen molar-refractivity contribution in [2.45, 2.75) is 31.6 Å². The van der Waals surface area contributed by atoms with Gasteiger partial charge in [-0.15, -0.1) is 0 Å². The lowest BCUT2D eigenvalue weighted by molar-refractivity contribution is -0.136. The number of dihydropyridines is 1. The molecule has 6 heteroatoms. The molecule has 0 radical (unpaired) electrons. The lowest BCUT2D eigenvalue weighted by atomic mass is 9.71. The molecule has 31 heavy (non-hydrogen) atoms. The standard InChI is InChI=1S/C25H25NO5/c1-14-22(25(29)31-3)23(17-9-4-6-10-19(17)27)24-18(26-14)12-15(13-20(24)28)16-8-5-7-11-21(16)30-2/h4-11,15,23,26-27H,12-13H2,1-3H3. The third-order valence-corrected chi connectivity index (χ3v) is 6.06. The molecule has 0 aromatic heterocycles. The Bertz CT molecular complexity index is 1110. The van der Waals surface area contributed by atoms with Crippen LogP contribution >= 0.6 is 0 Å². The maximum atomic E-state index is 13.5. The van der Waals surface area contributed by atoms with Gasteiger partial charge in [0.05, 0.1) is 25.7 Å². The number of Topliss-reactive ketones (excluding diaryl/α,β-unsaturated/α-hetero) is 1. The number of phenols is 1. The molecule has 0 spiro atoms. The molecule has 0 saturated heterocycles. The van der Waals surface area contributed by atoms with E-state index in [0.717, 1.165) is 17.0 Å². The van der Waals surface area contributed by atoms with Crippen LogP contribution in [0.4, 0.5) is 0 Å². The van der Waals surface area contributed by atoms with E-state index in [-0.39, 0.29) is 17.5 Å². The van der Waals surface area contributed by atoms with Crippen LogP contribution in [0.15, 0.2) is 71.1 Å². The summed E-state index contributed by atoms with van der Waals surface area (Å²) in [7, 11) is 2.94. The number of aromatic hydroxyl groups is 1. The van der Waals surface area contributed by atoms with Crippen LogP contribution in [0.25, 0.3) is 0 Å². The van der Waals surface area contributed by atoms with Gasteiger partial charge in [0.25, 0.3) is 0 Å². The van der Waals surface area contributed by atoms with Gasteiger partial charge in [0.2, 0.25) is 0 Å². The summed E-state index contributed by atoms with van der Waals surface area (Å²) in [5.41, 5.74) is 3.73. The molecule has 2 aliphatic rings. The number of methoxy groups -OCH3 is 2. The first-order chi connectivity index (χ1) is 15.0. The van der Waals surface area contributed by atoms with Crippen LogP contribution in [-0.2, 0) is 14.3 Å². The number of phenolic OH excluding ortho intramolecular Hbond substituents is 1. The highest BCUT2D eigenvalue weighted by Crippen LogP contribution is 2.48. The summed E-state index contributed by atoms with van der Waals surface area (Å²) >= 11 is 0. The minimum Gasteiger partial charge on any atom is -0.508 e. The van der Waals surface area contributed by atoms with E-state index >= 15 is 0 Å². The monoisotopic (exact) mass is 419 g/mol. The fraction of sp³-hybridized carbons (Fsp3) is 0.280. The largest absolute Gasteiger partial charge is 0.508 e. The molecule has 2 aromatic rings. The molecular formula is C25H25NO5. The number of hydrogen-bond donors (Lipinski definition) is 2. The molecule has 160 valence electrons. The Balaban J connectivity index is 1.84. The summed E-state index contributed by atoms with van der Waals surface area (Å²) in [6.07, 6.45) is 0.885. The van der Waals surface area contributed by atoms with Crippen molar-refractivity contribution in [2.24, 2.45) is 0 Å². The Kier molecular flexibility index (Phi) is 5.55. The highest BCUT2D eigenvalue weighted by molar-refractivity contribution is 6.04. The first-order valence-corrected chi connectivity index (χ1v) is 10.2. The Morgan fingerprint density at radius 2 is 1.71 bits per heavy atom. The highest BCUT2D eigenvalue weighted by atomic mass is 16.5. The van der Waals surface area contributed by atoms with Crippen molar-refractivity contribution < 1.29 is 24.2 Å². The van der Waals surface area contributed by atoms with Crippen molar-refractivity contribution in [1.82, 2.24) is 5.32 Å². The number of carbonyl (C=O) groups is 2. The van der Waals surface area contributed by atoms with Gasteiger partial charge in [0, 0.05) is 34.9 Å². The number of ether oxygens (including phenoxy) is 2. The van der Waals surface area contributed by atoms with Gasteiger partial charge in [-0.25, -0.2) is 4.79 Å². The Hall–Kier alpha value is -3.54. The predicted molar refractivity (Wildman–Crippen MR) is 116 cm³/mol. The van der Waals surface area contributed by atoms with Crippen molar-refractivity contribution in [2.75, 3.05) is 14.2 Å². The summed E-state index contributed by atoms with van der Waals surface area (Å²) in [6.45, 7) is 1.79. The van der Waals surface area contributed by atoms with E-state index < -0.39 is 11.9 Å². The second-order valence-electron chi connectivity index (χ2n) is 7.81. The minimum absolute atomic E-state index is 0.0371. The van der Waals surface area contributed by atoms with Crippen LogP contribution in [0.5, 0.6) is 11.5 Å². The third kappa shape index (κ3) is 3.58. The van der Waals surface area contributed by atoms with Gasteiger partial charge < -0.3 is 19.9 Å². The second-order valence-corrected chi connectivity index (χ2v) is 7.81. The number of carbonyl (C=O) groups excluding carboxylic acids is 2. The number of hydrogen-bond acceptors (Lipinski definition) is 6. The highest BCUT2D eigenvalue weighted by Gasteiger charge is 2.42. The van der Waals surface area contributed by atoms with Gasteiger partial charge >= 0.3 is 5.97 Å². The van der Waals surface area contributed by atoms with Crippen molar-refractivity contribution in [1.29, 1.82) is 0 Å². The van der Waals surface area contributed by atoms with Gasteiger partial charge in [-0.3, -0.25) is 4.79 Å². The fourth-order valence-electron chi connectivity index (χ4n) is 4.69. The predicted octanol–water partition coefficient (Wildman–Crippen LogP) is 3.94. The SMILES string of the molecule is COC(=O)C1=C(C)NC2=C(C(=O)CC(c3ccccc3OC)C2)C1c1ccccc1O. The number of ketones is 1. The molecule has 1 heterocycles. The third-order valence-electron chi connectivity index (χ3n) is 6.06. The van der Waals surface area contributed by atoms with E-state index in [1.807, 2.05) is 24.3 Å². The van der Waals surface area contributed by atoms with Gasteiger partial charge in [-0.1, -0.05) is 36.4 Å². The van der Waals surface area contributed by atoms with E-state index in [0.29, 0.717) is 35.2 Å². The summed E-state index contributed by atoms with van der Waals surface area (Å²) in [5.74, 6) is -0.533. The number of para-hydroxylation sites is 2. The Morgan fingerprint density at radius 3 is 2.39 bits per heavy atom. The lowest BCUT2D eigenvalue weighted by Gasteiger charge is -2.37. The molecule has 2 aromatic carbocycles. The lowest BCUT2D eigenvalue weighted by Crippen LogP contribution is -2.36. The van der Waals surface area contributed by atoms with Gasteiger partial charge in [0.15, 0.2) is 5.78 Å². The molecule has 0 saturated carbocycles. The van der Waals surface area contributed by atoms with Crippen molar-refractivity contribution in [3.05, 3.63) is 82.2 Å². The van der Waals surface area contributed by atoms with E-state index in [4.69, 9.17) is 9.47 Å². The number of allylic oxidation sites excluding steroid dienone is 3. The quantitative estimate of drug-likeness (QED) is 0.731. The molecule has 0 fully saturated rings. The number of benzene rings is 2. The topological polar surface area (TPSA) is 84.9 Å². The number of nitrogens with one attached hydrogen (secondary N) is 1. The van der Waals surface area contributed by atoms with E-state index in [9.17, 15) is 14.7 Å². The van der Waals surface area contributed by atoms with Gasteiger partial charge in [-0.05, 0) is 31.0 Å². The van der Waals surface area contributed by atoms with Gasteiger partial charge in [-0.2, -0.15) is 0 Å². The summed E-state index contributed by atoms with van der Waals surface area (Å²) in [4.78, 5) is 26.1. The molecule has 2 unspecified atom stereocenters. The van der Waals surface area contributed by atoms with Crippen molar-refractivity contribution in [3.63, 3.8) is 0 Å². The van der Waals surface area contributed by atoms with Crippen LogP contribution in [0.2, 0.25) is 0 Å². The minimum atomic E-state index is -0.684. The molecular weight excluding hydrogens is 394 g/mol. The average molecular weight is 419 g/mol. The zero-order valence-electron chi connectivity index (χ0n) is 17.8. The van der Waals surface area contributed by atoms with E-state index in [2.05, 4.69) is 5.32 Å². The van der Waals surface area contributed by atoms with Crippen molar-refractivity contribution in [3.8, 4) is 11.5 Å². The molecule has 4 rings (SSSR count). The van der Waals surface area contributed by atoms with E-state index in [1.165, 1.54) is 7.11 Å². The average Bonchev–Trinajstić information content (AvgIpc) is 2.78. The maximum Gasteiger partial charge on any atom is 0.336 e. The van der Waals surface area contributed by atoms with Crippen LogP contribution in [0, 0.1) is 0 Å². The van der Waals surface area contributed by atoms with Crippen LogP contribution in [0.3, 0.4) is 0 Å². The summed E-state index contributed by atoms with van der Waals surface area (Å²) in [5, 5.41) is 13.8. The molecule has 1 aliphatic heterocycles. The van der Waals surface area contributed by atoms with E-state index in [1.54, 1.807) is 38.3 Å². The summed E-state index contributed by atoms with van der Waals surface area (Å²) < 4.78 is 10.5. The van der Waals surface area contributed by atoms with Crippen LogP contribution < -0.4 is 10.1 Å². The van der Waals surface area contributed by atoms with Crippen LogP contribution in [0.1, 0.15) is 42.7 Å². The fourth-order valence-corrected chi connectivity index (χ4v) is 4.69. The first kappa shape index (κ1) is 20.7.